The minimum Gasteiger partial charge on any atom is -0.394 e. The monoisotopic (exact) mass is 888 g/mol. The Labute approximate surface area is 398 Å². The quantitative estimate of drug-likeness (QED) is 0.0421. The van der Waals surface area contributed by atoms with Crippen molar-refractivity contribution in [3.63, 3.8) is 0 Å². The fraction of sp³-hybridized carbons (Fsp3) is 0.717. The van der Waals surface area contributed by atoms with Crippen LogP contribution in [0, 0.1) is 0 Å². The molecule has 4 nitrogen and oxygen atoms in total. The number of amides is 1. The van der Waals surface area contributed by atoms with E-state index in [1.54, 1.807) is 6.08 Å². The van der Waals surface area contributed by atoms with E-state index in [9.17, 15) is 15.0 Å². The molecule has 0 radical (unpaired) electrons. The van der Waals surface area contributed by atoms with Crippen molar-refractivity contribution < 1.29 is 15.0 Å². The summed E-state index contributed by atoms with van der Waals surface area (Å²) in [6.45, 7) is 4.18. The third kappa shape index (κ3) is 50.3. The van der Waals surface area contributed by atoms with Crippen LogP contribution in [0.5, 0.6) is 0 Å². The summed E-state index contributed by atoms with van der Waals surface area (Å²) in [5, 5.41) is 23.1. The first kappa shape index (κ1) is 61.3. The first-order chi connectivity index (χ1) is 31.7. The van der Waals surface area contributed by atoms with Crippen molar-refractivity contribution in [1.29, 1.82) is 0 Å². The second-order valence-corrected chi connectivity index (χ2v) is 18.2. The van der Waals surface area contributed by atoms with Gasteiger partial charge in [-0.05, 0) is 89.9 Å². The summed E-state index contributed by atoms with van der Waals surface area (Å²) in [4.78, 5) is 12.4. The first-order valence-corrected chi connectivity index (χ1v) is 27.5. The van der Waals surface area contributed by atoms with Crippen LogP contribution < -0.4 is 5.32 Å². The van der Waals surface area contributed by atoms with Gasteiger partial charge in [0, 0.05) is 6.42 Å². The molecule has 0 aromatic rings. The molecule has 3 N–H and O–H groups in total. The molecule has 1 amide bonds. The Balaban J connectivity index is 3.62. The summed E-state index contributed by atoms with van der Waals surface area (Å²) in [5.74, 6) is -0.0989. The zero-order chi connectivity index (χ0) is 46.3. The molecule has 0 aliphatic heterocycles. The predicted molar refractivity (Wildman–Crippen MR) is 285 cm³/mol. The molecule has 0 saturated carbocycles. The number of carbonyl (C=O) groups is 1. The number of nitrogens with one attached hydrogen (secondary N) is 1. The molecule has 0 spiro atoms. The Morgan fingerprint density at radius 1 is 0.391 bits per heavy atom. The largest absolute Gasteiger partial charge is 0.394 e. The molecule has 0 aromatic heterocycles. The summed E-state index contributed by atoms with van der Waals surface area (Å²) in [7, 11) is 0. The van der Waals surface area contributed by atoms with Crippen molar-refractivity contribution in [3.8, 4) is 0 Å². The van der Waals surface area contributed by atoms with Crippen LogP contribution in [0.15, 0.2) is 97.2 Å². The van der Waals surface area contributed by atoms with Gasteiger partial charge >= 0.3 is 0 Å². The van der Waals surface area contributed by atoms with Crippen molar-refractivity contribution in [2.45, 2.75) is 270 Å². The van der Waals surface area contributed by atoms with E-state index in [1.807, 2.05) is 6.08 Å². The smallest absolute Gasteiger partial charge is 0.220 e. The molecule has 0 rings (SSSR count). The molecule has 2 atom stereocenters. The molecule has 4 heteroatoms. The summed E-state index contributed by atoms with van der Waals surface area (Å²) >= 11 is 0. The highest BCUT2D eigenvalue weighted by Crippen LogP contribution is 2.16. The third-order valence-corrected chi connectivity index (χ3v) is 12.0. The number of aliphatic hydroxyl groups is 2. The van der Waals surface area contributed by atoms with Crippen molar-refractivity contribution in [3.05, 3.63) is 97.2 Å². The third-order valence-electron chi connectivity index (χ3n) is 12.0. The van der Waals surface area contributed by atoms with Gasteiger partial charge in [0.25, 0.3) is 0 Å². The normalized spacial score (nSPS) is 13.6. The van der Waals surface area contributed by atoms with E-state index in [-0.39, 0.29) is 12.5 Å². The van der Waals surface area contributed by atoms with Crippen LogP contribution in [0.4, 0.5) is 0 Å². The van der Waals surface area contributed by atoms with Gasteiger partial charge in [0.1, 0.15) is 0 Å². The van der Waals surface area contributed by atoms with Crippen molar-refractivity contribution in [2.75, 3.05) is 6.61 Å². The Kier molecular flexibility index (Phi) is 52.3. The minimum atomic E-state index is -0.886. The predicted octanol–water partition coefficient (Wildman–Crippen LogP) is 18.1. The number of hydrogen-bond acceptors (Lipinski definition) is 3. The van der Waals surface area contributed by atoms with E-state index >= 15 is 0 Å². The molecule has 0 heterocycles. The molecule has 0 fully saturated rings. The number of unbranched alkanes of at least 4 members (excludes halogenated alkanes) is 28. The molecule has 2 unspecified atom stereocenters. The first-order valence-electron chi connectivity index (χ1n) is 27.5. The van der Waals surface area contributed by atoms with E-state index in [2.05, 4.69) is 104 Å². The molecular weight excluding hydrogens is 783 g/mol. The maximum Gasteiger partial charge on any atom is 0.220 e. The van der Waals surface area contributed by atoms with E-state index < -0.39 is 12.1 Å². The van der Waals surface area contributed by atoms with Gasteiger partial charge in [-0.2, -0.15) is 0 Å². The lowest BCUT2D eigenvalue weighted by molar-refractivity contribution is -0.123. The lowest BCUT2D eigenvalue weighted by atomic mass is 10.0. The SMILES string of the molecule is CC/C=C\C/C=C\C/C=C\C/C=C\C/C=C\CCCCCCCC(=O)NC(CO)C(O)/C=C/CC/C=C/CC/C=C/CCCCCCCCCCCCCCCCCCCCCCC. The molecule has 64 heavy (non-hydrogen) atoms. The van der Waals surface area contributed by atoms with Crippen molar-refractivity contribution >= 4 is 5.91 Å². The van der Waals surface area contributed by atoms with Crippen LogP contribution >= 0.6 is 0 Å². The maximum atomic E-state index is 12.4. The summed E-state index contributed by atoms with van der Waals surface area (Å²) in [6.07, 6.45) is 81.4. The van der Waals surface area contributed by atoms with Crippen LogP contribution in [0.3, 0.4) is 0 Å². The zero-order valence-corrected chi connectivity index (χ0v) is 42.3. The molecule has 0 bridgehead atoms. The number of aliphatic hydroxyl groups excluding tert-OH is 2. The zero-order valence-electron chi connectivity index (χ0n) is 42.3. The Hall–Kier alpha value is -2.69. The lowest BCUT2D eigenvalue weighted by Gasteiger charge is -2.19. The van der Waals surface area contributed by atoms with E-state index in [1.165, 1.54) is 154 Å². The minimum absolute atomic E-state index is 0.0989. The van der Waals surface area contributed by atoms with E-state index in [0.29, 0.717) is 6.42 Å². The molecule has 0 aromatic carbocycles. The highest BCUT2D eigenvalue weighted by molar-refractivity contribution is 5.76. The van der Waals surface area contributed by atoms with Gasteiger partial charge in [0.15, 0.2) is 0 Å². The second kappa shape index (κ2) is 54.6. The standard InChI is InChI=1S/C60H105NO3/c1-3-5-7-9-11-13-15-17-19-21-23-25-26-27-28-29-30-31-32-33-34-36-37-39-41-43-45-47-49-51-53-55-59(63)58(57-62)61-60(64)56-54-52-50-48-46-44-42-40-38-35-24-22-20-18-16-14-12-10-8-6-4-2/h6,8,12,14,18,20,24,35,37,39-40,42,45,47,53,55,58-59,62-63H,3-5,7,9-11,13,15-17,19,21-23,25-34,36,38,41,43-44,46,48-52,54,56-57H2,1-2H3,(H,61,64)/b8-6-,14-12-,20-18-,35-24-,39-37+,42-40-,47-45+,55-53+. The Bertz CT molecular complexity index is 1190. The highest BCUT2D eigenvalue weighted by Gasteiger charge is 2.17. The molecule has 0 aliphatic rings. The molecule has 368 valence electrons. The topological polar surface area (TPSA) is 69.6 Å². The van der Waals surface area contributed by atoms with Crippen LogP contribution in [0.25, 0.3) is 0 Å². The fourth-order valence-electron chi connectivity index (χ4n) is 7.88. The van der Waals surface area contributed by atoms with Crippen molar-refractivity contribution in [1.82, 2.24) is 5.32 Å². The van der Waals surface area contributed by atoms with Crippen LogP contribution in [-0.2, 0) is 4.79 Å². The fourth-order valence-corrected chi connectivity index (χ4v) is 7.88. The average Bonchev–Trinajstić information content (AvgIpc) is 3.30. The molecule has 0 aliphatic carbocycles. The number of rotatable bonds is 49. The van der Waals surface area contributed by atoms with E-state index in [4.69, 9.17) is 0 Å². The summed E-state index contributed by atoms with van der Waals surface area (Å²) < 4.78 is 0. The van der Waals surface area contributed by atoms with Gasteiger partial charge in [0.2, 0.25) is 5.91 Å². The highest BCUT2D eigenvalue weighted by atomic mass is 16.3. The Morgan fingerprint density at radius 3 is 1.09 bits per heavy atom. The van der Waals surface area contributed by atoms with Crippen LogP contribution in [0.2, 0.25) is 0 Å². The number of allylic oxidation sites excluding steroid dienone is 15. The summed E-state index contributed by atoms with van der Waals surface area (Å²) in [6, 6.07) is -0.664. The number of carbonyl (C=O) groups excluding carboxylic acids is 1. The van der Waals surface area contributed by atoms with E-state index in [0.717, 1.165) is 83.5 Å². The van der Waals surface area contributed by atoms with Gasteiger partial charge < -0.3 is 15.5 Å². The van der Waals surface area contributed by atoms with Gasteiger partial charge in [0.05, 0.1) is 18.8 Å². The van der Waals surface area contributed by atoms with Gasteiger partial charge in [-0.15, -0.1) is 0 Å². The van der Waals surface area contributed by atoms with Crippen molar-refractivity contribution in [2.24, 2.45) is 0 Å². The molecular formula is C60H105NO3. The summed E-state index contributed by atoms with van der Waals surface area (Å²) in [5.41, 5.74) is 0. The number of hydrogen-bond donors (Lipinski definition) is 3. The average molecular weight is 889 g/mol. The van der Waals surface area contributed by atoms with Gasteiger partial charge in [-0.25, -0.2) is 0 Å². The van der Waals surface area contributed by atoms with Crippen LogP contribution in [-0.4, -0.2) is 34.9 Å². The maximum absolute atomic E-state index is 12.4. The second-order valence-electron chi connectivity index (χ2n) is 18.2. The Morgan fingerprint density at radius 2 is 0.703 bits per heavy atom. The molecule has 0 saturated heterocycles. The van der Waals surface area contributed by atoms with Crippen LogP contribution in [0.1, 0.15) is 258 Å². The lowest BCUT2D eigenvalue weighted by Crippen LogP contribution is -2.45. The van der Waals surface area contributed by atoms with Gasteiger partial charge in [-0.3, -0.25) is 4.79 Å². The van der Waals surface area contributed by atoms with Gasteiger partial charge in [-0.1, -0.05) is 259 Å².